The van der Waals surface area contributed by atoms with Crippen LogP contribution < -0.4 is 0 Å². The predicted molar refractivity (Wildman–Crippen MR) is 40.5 cm³/mol. The fourth-order valence-electron chi connectivity index (χ4n) is 0.816. The molecule has 0 saturated heterocycles. The number of hydrogen-bond acceptors (Lipinski definition) is 1. The summed E-state index contributed by atoms with van der Waals surface area (Å²) in [5.41, 5.74) is 1.09. The molecule has 0 radical (unpaired) electrons. The van der Waals surface area contributed by atoms with Crippen LogP contribution in [0.3, 0.4) is 0 Å². The fourth-order valence-corrected chi connectivity index (χ4v) is 0.816. The Morgan fingerprint density at radius 2 is 1.90 bits per heavy atom. The summed E-state index contributed by atoms with van der Waals surface area (Å²) in [4.78, 5) is 0. The van der Waals surface area contributed by atoms with Gasteiger partial charge in [0, 0.05) is 0 Å². The minimum absolute atomic E-state index is 0.0150. The van der Waals surface area contributed by atoms with Gasteiger partial charge in [0.25, 0.3) is 0 Å². The Labute approximate surface area is 60.9 Å². The molecule has 0 amide bonds. The average molecular weight is 133 g/mol. The predicted octanol–water partition coefficient (Wildman–Crippen LogP) is 2.31. The second-order valence-corrected chi connectivity index (χ2v) is 2.26. The third kappa shape index (κ3) is 1.35. The Morgan fingerprint density at radius 1 is 1.30 bits per heavy atom. The van der Waals surface area contributed by atoms with E-state index in [1.807, 2.05) is 37.3 Å². The van der Waals surface area contributed by atoms with Crippen molar-refractivity contribution in [3.05, 3.63) is 35.9 Å². The Morgan fingerprint density at radius 3 is 2.40 bits per heavy atom. The molecule has 0 N–H and O–H groups in total. The highest BCUT2D eigenvalue weighted by molar-refractivity contribution is 5.23. The Balaban J connectivity index is 2.88. The SMILES string of the molecule is CC([14C]#N)c1ccccc1. The smallest absolute Gasteiger partial charge is 0.0700 e. The molecule has 1 heteroatoms. The number of rotatable bonds is 1. The summed E-state index contributed by atoms with van der Waals surface area (Å²) < 4.78 is 0. The lowest BCUT2D eigenvalue weighted by Gasteiger charge is -1.99. The maximum absolute atomic E-state index is 8.54. The minimum Gasteiger partial charge on any atom is -0.198 e. The van der Waals surface area contributed by atoms with E-state index in [0.717, 1.165) is 5.56 Å². The summed E-state index contributed by atoms with van der Waals surface area (Å²) in [6.45, 7) is 1.90. The molecule has 1 atom stereocenters. The lowest BCUT2D eigenvalue weighted by Crippen LogP contribution is -1.86. The molecule has 0 aliphatic carbocycles. The first-order valence-electron chi connectivity index (χ1n) is 3.29. The third-order valence-corrected chi connectivity index (χ3v) is 1.49. The van der Waals surface area contributed by atoms with Crippen LogP contribution in [-0.4, -0.2) is 0 Å². The summed E-state index contributed by atoms with van der Waals surface area (Å²) in [7, 11) is 0. The number of hydrogen-bond donors (Lipinski definition) is 0. The van der Waals surface area contributed by atoms with Gasteiger partial charge >= 0.3 is 0 Å². The van der Waals surface area contributed by atoms with Gasteiger partial charge in [0.05, 0.1) is 12.0 Å². The Hall–Kier alpha value is -1.29. The first-order chi connectivity index (χ1) is 4.84. The van der Waals surface area contributed by atoms with Gasteiger partial charge in [0.15, 0.2) is 0 Å². The Kier molecular flexibility index (Phi) is 2.07. The van der Waals surface area contributed by atoms with Crippen LogP contribution in [0.4, 0.5) is 0 Å². The fraction of sp³-hybridized carbons (Fsp3) is 0.222. The van der Waals surface area contributed by atoms with Crippen molar-refractivity contribution in [2.75, 3.05) is 0 Å². The quantitative estimate of drug-likeness (QED) is 0.576. The highest BCUT2D eigenvalue weighted by Crippen LogP contribution is 2.11. The first kappa shape index (κ1) is 6.82. The van der Waals surface area contributed by atoms with E-state index in [0.29, 0.717) is 0 Å². The van der Waals surface area contributed by atoms with Crippen molar-refractivity contribution in [2.45, 2.75) is 12.8 Å². The van der Waals surface area contributed by atoms with Crippen molar-refractivity contribution in [1.82, 2.24) is 0 Å². The summed E-state index contributed by atoms with van der Waals surface area (Å²) in [6.07, 6.45) is 0. The average Bonchev–Trinajstić information content (AvgIpc) is 2.05. The topological polar surface area (TPSA) is 23.8 Å². The third-order valence-electron chi connectivity index (χ3n) is 1.49. The molecular weight excluding hydrogens is 124 g/mol. The normalized spacial score (nSPS) is 12.0. The van der Waals surface area contributed by atoms with E-state index in [-0.39, 0.29) is 5.92 Å². The molecule has 10 heavy (non-hydrogen) atoms. The zero-order chi connectivity index (χ0) is 7.40. The van der Waals surface area contributed by atoms with Crippen LogP contribution in [0.25, 0.3) is 0 Å². The summed E-state index contributed by atoms with van der Waals surface area (Å²) >= 11 is 0. The lowest BCUT2D eigenvalue weighted by molar-refractivity contribution is 0.982. The van der Waals surface area contributed by atoms with Crippen molar-refractivity contribution in [2.24, 2.45) is 0 Å². The van der Waals surface area contributed by atoms with Gasteiger partial charge in [-0.2, -0.15) is 5.26 Å². The lowest BCUT2D eigenvalue weighted by atomic mass is 10.1. The van der Waals surface area contributed by atoms with Gasteiger partial charge in [-0.05, 0) is 12.5 Å². The van der Waals surface area contributed by atoms with Crippen LogP contribution in [0.15, 0.2) is 30.3 Å². The molecule has 0 fully saturated rings. The van der Waals surface area contributed by atoms with Crippen molar-refractivity contribution in [1.29, 1.82) is 5.26 Å². The largest absolute Gasteiger partial charge is 0.198 e. The molecule has 1 nitrogen and oxygen atoms in total. The monoisotopic (exact) mass is 133 g/mol. The molecule has 0 heterocycles. The van der Waals surface area contributed by atoms with Crippen LogP contribution in [0.1, 0.15) is 18.4 Å². The van der Waals surface area contributed by atoms with Gasteiger partial charge < -0.3 is 0 Å². The molecule has 0 bridgehead atoms. The summed E-state index contributed by atoms with van der Waals surface area (Å²) in [6, 6.07) is 12.0. The molecule has 0 spiro atoms. The summed E-state index contributed by atoms with van der Waals surface area (Å²) in [5, 5.41) is 8.54. The van der Waals surface area contributed by atoms with Gasteiger partial charge in [0.1, 0.15) is 0 Å². The molecule has 1 aromatic carbocycles. The van der Waals surface area contributed by atoms with E-state index in [2.05, 4.69) is 6.07 Å². The molecule has 0 aliphatic rings. The zero-order valence-corrected chi connectivity index (χ0v) is 5.91. The standard InChI is InChI=1S/C9H9N/c1-8(7-10)9-5-3-2-4-6-9/h2-6,8H,1H3/i7+2. The second kappa shape index (κ2) is 3.03. The highest BCUT2D eigenvalue weighted by atomic mass is 14.9. The van der Waals surface area contributed by atoms with E-state index in [1.165, 1.54) is 0 Å². The molecule has 1 rings (SSSR count). The van der Waals surface area contributed by atoms with E-state index in [1.54, 1.807) is 0 Å². The number of nitriles is 1. The molecule has 50 valence electrons. The minimum atomic E-state index is 0.0150. The van der Waals surface area contributed by atoms with E-state index >= 15 is 0 Å². The second-order valence-electron chi connectivity index (χ2n) is 2.26. The van der Waals surface area contributed by atoms with Crippen LogP contribution in [-0.2, 0) is 0 Å². The van der Waals surface area contributed by atoms with Gasteiger partial charge in [-0.3, -0.25) is 0 Å². The molecule has 1 unspecified atom stereocenters. The molecular formula is C9H9N. The molecule has 0 aliphatic heterocycles. The van der Waals surface area contributed by atoms with Gasteiger partial charge in [-0.15, -0.1) is 0 Å². The number of benzene rings is 1. The van der Waals surface area contributed by atoms with Gasteiger partial charge in [0.2, 0.25) is 0 Å². The van der Waals surface area contributed by atoms with Crippen LogP contribution >= 0.6 is 0 Å². The van der Waals surface area contributed by atoms with Crippen LogP contribution in [0.2, 0.25) is 0 Å². The van der Waals surface area contributed by atoms with E-state index < -0.39 is 0 Å². The zero-order valence-electron chi connectivity index (χ0n) is 5.91. The molecule has 1 aromatic rings. The number of nitrogens with zero attached hydrogens (tertiary/aromatic N) is 1. The van der Waals surface area contributed by atoms with Gasteiger partial charge in [-0.1, -0.05) is 30.3 Å². The van der Waals surface area contributed by atoms with Gasteiger partial charge in [-0.25, -0.2) is 0 Å². The Bertz CT molecular complexity index is 233. The van der Waals surface area contributed by atoms with Crippen molar-refractivity contribution in [3.8, 4) is 6.07 Å². The molecule has 0 aromatic heterocycles. The van der Waals surface area contributed by atoms with E-state index in [4.69, 9.17) is 5.26 Å². The van der Waals surface area contributed by atoms with Crippen LogP contribution in [0.5, 0.6) is 0 Å². The van der Waals surface area contributed by atoms with Crippen molar-refractivity contribution in [3.63, 3.8) is 0 Å². The van der Waals surface area contributed by atoms with Crippen LogP contribution in [0, 0.1) is 11.3 Å². The van der Waals surface area contributed by atoms with Crippen molar-refractivity contribution >= 4 is 0 Å². The highest BCUT2D eigenvalue weighted by Gasteiger charge is 1.99. The maximum atomic E-state index is 8.54. The van der Waals surface area contributed by atoms with E-state index in [9.17, 15) is 0 Å². The summed E-state index contributed by atoms with van der Waals surface area (Å²) in [5.74, 6) is 0.0150. The first-order valence-corrected chi connectivity index (χ1v) is 3.29. The maximum Gasteiger partial charge on any atom is 0.0700 e. The molecule has 0 saturated carbocycles. The van der Waals surface area contributed by atoms with Crippen molar-refractivity contribution < 1.29 is 0 Å².